The van der Waals surface area contributed by atoms with Crippen molar-refractivity contribution in [1.82, 2.24) is 5.32 Å². The summed E-state index contributed by atoms with van der Waals surface area (Å²) in [5, 5.41) is 3.39. The van der Waals surface area contributed by atoms with E-state index < -0.39 is 0 Å². The molecule has 106 valence electrons. The topological polar surface area (TPSA) is 21.3 Å². The van der Waals surface area contributed by atoms with Crippen LogP contribution in [0.4, 0.5) is 4.39 Å². The van der Waals surface area contributed by atoms with Gasteiger partial charge in [0, 0.05) is 6.04 Å². The molecule has 0 aromatic heterocycles. The summed E-state index contributed by atoms with van der Waals surface area (Å²) >= 11 is 0. The summed E-state index contributed by atoms with van der Waals surface area (Å²) < 4.78 is 19.4. The minimum absolute atomic E-state index is 0.151. The number of likely N-dealkylation sites (N-methyl/N-ethyl adjacent to an activating group) is 1. The van der Waals surface area contributed by atoms with Crippen LogP contribution < -0.4 is 10.1 Å². The number of hydrogen-bond donors (Lipinski definition) is 1. The number of benzene rings is 1. The minimum atomic E-state index is -0.179. The van der Waals surface area contributed by atoms with Crippen molar-refractivity contribution in [3.8, 4) is 5.75 Å². The van der Waals surface area contributed by atoms with E-state index in [2.05, 4.69) is 19.2 Å². The Morgan fingerprint density at radius 2 is 2.11 bits per heavy atom. The van der Waals surface area contributed by atoms with Gasteiger partial charge >= 0.3 is 0 Å². The Bertz CT molecular complexity index is 444. The first-order chi connectivity index (χ1) is 8.94. The smallest absolute Gasteiger partial charge is 0.126 e. The zero-order valence-electron chi connectivity index (χ0n) is 12.3. The Balaban J connectivity index is 2.14. The standard InChI is InChI=1S/C16H24FNO/c1-11-10-12(7-8-13(11)17)19-14-6-5-9-16(2,3)15(14)18-4/h7-8,10,14-15,18H,5-6,9H2,1-4H3. The van der Waals surface area contributed by atoms with Gasteiger partial charge in [0.2, 0.25) is 0 Å². The molecule has 0 aliphatic heterocycles. The molecule has 2 nitrogen and oxygen atoms in total. The maximum atomic E-state index is 13.3. The van der Waals surface area contributed by atoms with Crippen molar-refractivity contribution in [3.63, 3.8) is 0 Å². The van der Waals surface area contributed by atoms with Gasteiger partial charge in [0.1, 0.15) is 17.7 Å². The molecule has 1 saturated carbocycles. The first-order valence-corrected chi connectivity index (χ1v) is 7.04. The third kappa shape index (κ3) is 3.08. The molecular formula is C16H24FNO. The summed E-state index contributed by atoms with van der Waals surface area (Å²) in [4.78, 5) is 0. The molecule has 2 unspecified atom stereocenters. The van der Waals surface area contributed by atoms with E-state index in [9.17, 15) is 4.39 Å². The Kier molecular flexibility index (Phi) is 4.14. The van der Waals surface area contributed by atoms with Crippen LogP contribution in [0.5, 0.6) is 5.75 Å². The van der Waals surface area contributed by atoms with Gasteiger partial charge in [0.25, 0.3) is 0 Å². The minimum Gasteiger partial charge on any atom is -0.489 e. The zero-order chi connectivity index (χ0) is 14.0. The Hall–Kier alpha value is -1.09. The Labute approximate surface area is 115 Å². The molecule has 1 aromatic rings. The fourth-order valence-electron chi connectivity index (χ4n) is 3.15. The van der Waals surface area contributed by atoms with Gasteiger partial charge < -0.3 is 10.1 Å². The van der Waals surface area contributed by atoms with Crippen molar-refractivity contribution < 1.29 is 9.13 Å². The van der Waals surface area contributed by atoms with E-state index in [0.29, 0.717) is 11.6 Å². The lowest BCUT2D eigenvalue weighted by Crippen LogP contribution is -2.53. The van der Waals surface area contributed by atoms with Crippen LogP contribution in [0.25, 0.3) is 0 Å². The van der Waals surface area contributed by atoms with Gasteiger partial charge in [-0.15, -0.1) is 0 Å². The van der Waals surface area contributed by atoms with Crippen molar-refractivity contribution in [2.24, 2.45) is 5.41 Å². The first kappa shape index (κ1) is 14.3. The highest BCUT2D eigenvalue weighted by molar-refractivity contribution is 5.29. The highest BCUT2D eigenvalue weighted by Crippen LogP contribution is 2.37. The molecular weight excluding hydrogens is 241 g/mol. The molecule has 3 heteroatoms. The summed E-state index contributed by atoms with van der Waals surface area (Å²) in [7, 11) is 1.99. The highest BCUT2D eigenvalue weighted by Gasteiger charge is 2.39. The van der Waals surface area contributed by atoms with Gasteiger partial charge in [0.05, 0.1) is 0 Å². The van der Waals surface area contributed by atoms with Crippen LogP contribution in [0.2, 0.25) is 0 Å². The summed E-state index contributed by atoms with van der Waals surface area (Å²) in [5.74, 6) is 0.586. The van der Waals surface area contributed by atoms with E-state index in [1.807, 2.05) is 7.05 Å². The molecule has 2 rings (SSSR count). The number of ether oxygens (including phenoxy) is 1. The molecule has 0 radical (unpaired) electrons. The number of rotatable bonds is 3. The first-order valence-electron chi connectivity index (χ1n) is 7.04. The van der Waals surface area contributed by atoms with Crippen LogP contribution in [0, 0.1) is 18.2 Å². The third-order valence-electron chi connectivity index (χ3n) is 4.25. The zero-order valence-corrected chi connectivity index (χ0v) is 12.3. The fraction of sp³-hybridized carbons (Fsp3) is 0.625. The third-order valence-corrected chi connectivity index (χ3v) is 4.25. The Morgan fingerprint density at radius 3 is 2.74 bits per heavy atom. The van der Waals surface area contributed by atoms with Gasteiger partial charge in [-0.2, -0.15) is 0 Å². The van der Waals surface area contributed by atoms with Crippen LogP contribution in [-0.4, -0.2) is 19.2 Å². The molecule has 0 saturated heterocycles. The molecule has 1 aromatic carbocycles. The lowest BCUT2D eigenvalue weighted by Gasteiger charge is -2.43. The second kappa shape index (κ2) is 5.49. The number of hydrogen-bond acceptors (Lipinski definition) is 2. The summed E-state index contributed by atoms with van der Waals surface area (Å²) in [6.07, 6.45) is 3.58. The summed E-state index contributed by atoms with van der Waals surface area (Å²) in [5.41, 5.74) is 0.862. The molecule has 1 aliphatic carbocycles. The molecule has 19 heavy (non-hydrogen) atoms. The number of aryl methyl sites for hydroxylation is 1. The van der Waals surface area contributed by atoms with Crippen molar-refractivity contribution in [2.45, 2.75) is 52.2 Å². The van der Waals surface area contributed by atoms with Crippen molar-refractivity contribution in [3.05, 3.63) is 29.6 Å². The van der Waals surface area contributed by atoms with Gasteiger partial charge in [-0.1, -0.05) is 13.8 Å². The normalized spacial score (nSPS) is 26.2. The van der Waals surface area contributed by atoms with Crippen molar-refractivity contribution >= 4 is 0 Å². The molecule has 0 spiro atoms. The maximum absolute atomic E-state index is 13.3. The van der Waals surface area contributed by atoms with Gasteiger partial charge in [0.15, 0.2) is 0 Å². The van der Waals surface area contributed by atoms with Crippen molar-refractivity contribution in [2.75, 3.05) is 7.05 Å². The maximum Gasteiger partial charge on any atom is 0.126 e. The second-order valence-electron chi connectivity index (χ2n) is 6.21. The molecule has 0 bridgehead atoms. The molecule has 1 aliphatic rings. The van der Waals surface area contributed by atoms with E-state index in [1.165, 1.54) is 18.9 Å². The predicted octanol–water partition coefficient (Wildman–Crippen LogP) is 3.68. The molecule has 1 fully saturated rings. The lowest BCUT2D eigenvalue weighted by molar-refractivity contribution is 0.0403. The summed E-state index contributed by atoms with van der Waals surface area (Å²) in [6, 6.07) is 5.31. The molecule has 2 atom stereocenters. The number of nitrogens with one attached hydrogen (secondary N) is 1. The predicted molar refractivity (Wildman–Crippen MR) is 76.0 cm³/mol. The van der Waals surface area contributed by atoms with Crippen molar-refractivity contribution in [1.29, 1.82) is 0 Å². The Morgan fingerprint density at radius 1 is 1.37 bits per heavy atom. The molecule has 0 heterocycles. The van der Waals surface area contributed by atoms with Crippen LogP contribution in [0.3, 0.4) is 0 Å². The molecule has 0 amide bonds. The number of halogens is 1. The van der Waals surface area contributed by atoms with E-state index in [4.69, 9.17) is 4.74 Å². The fourth-order valence-corrected chi connectivity index (χ4v) is 3.15. The molecule has 1 N–H and O–H groups in total. The van der Waals surface area contributed by atoms with Crippen LogP contribution in [0.1, 0.15) is 38.7 Å². The SMILES string of the molecule is CNC1C(Oc2ccc(F)c(C)c2)CCCC1(C)C. The largest absolute Gasteiger partial charge is 0.489 e. The van der Waals surface area contributed by atoms with E-state index in [1.54, 1.807) is 19.1 Å². The highest BCUT2D eigenvalue weighted by atomic mass is 19.1. The van der Waals surface area contributed by atoms with Crippen LogP contribution >= 0.6 is 0 Å². The van der Waals surface area contributed by atoms with E-state index in [0.717, 1.165) is 12.2 Å². The van der Waals surface area contributed by atoms with Gasteiger partial charge in [-0.25, -0.2) is 4.39 Å². The van der Waals surface area contributed by atoms with Crippen LogP contribution in [0.15, 0.2) is 18.2 Å². The monoisotopic (exact) mass is 265 g/mol. The second-order valence-corrected chi connectivity index (χ2v) is 6.21. The average molecular weight is 265 g/mol. The summed E-state index contributed by atoms with van der Waals surface area (Å²) in [6.45, 7) is 6.32. The van der Waals surface area contributed by atoms with E-state index >= 15 is 0 Å². The average Bonchev–Trinajstić information content (AvgIpc) is 2.33. The quantitative estimate of drug-likeness (QED) is 0.900. The van der Waals surface area contributed by atoms with Crippen LogP contribution in [-0.2, 0) is 0 Å². The van der Waals surface area contributed by atoms with Gasteiger partial charge in [-0.05, 0) is 62.4 Å². The van der Waals surface area contributed by atoms with E-state index in [-0.39, 0.29) is 17.3 Å². The lowest BCUT2D eigenvalue weighted by atomic mass is 9.72. The van der Waals surface area contributed by atoms with Gasteiger partial charge in [-0.3, -0.25) is 0 Å².